The number of methoxy groups -OCH3 is 1. The maximum absolute atomic E-state index is 5.32. The zero-order valence-corrected chi connectivity index (χ0v) is 11.6. The number of ether oxygens (including phenoxy) is 1. The van der Waals surface area contributed by atoms with E-state index in [-0.39, 0.29) is 0 Å². The molecule has 92 valence electrons. The highest BCUT2D eigenvalue weighted by molar-refractivity contribution is 5.79. The maximum atomic E-state index is 5.32. The zero-order chi connectivity index (χ0) is 13.0. The number of allylic oxidation sites excluding steroid dienone is 2. The predicted octanol–water partition coefficient (Wildman–Crippen LogP) is 4.65. The van der Waals surface area contributed by atoms with Crippen LogP contribution in [-0.2, 0) is 4.74 Å². The lowest BCUT2D eigenvalue weighted by atomic mass is 9.95. The summed E-state index contributed by atoms with van der Waals surface area (Å²) in [6.45, 7) is 12.5. The summed E-state index contributed by atoms with van der Waals surface area (Å²) in [5.41, 5.74) is 6.19. The molecule has 0 radical (unpaired) electrons. The Balaban J connectivity index is 3.38. The number of hydrogen-bond acceptors (Lipinski definition) is 1. The van der Waals surface area contributed by atoms with Crippen molar-refractivity contribution < 1.29 is 4.74 Å². The highest BCUT2D eigenvalue weighted by atomic mass is 16.5. The lowest BCUT2D eigenvalue weighted by Crippen LogP contribution is -1.96. The van der Waals surface area contributed by atoms with E-state index in [1.54, 1.807) is 7.11 Å². The van der Waals surface area contributed by atoms with Gasteiger partial charge >= 0.3 is 0 Å². The fourth-order valence-corrected chi connectivity index (χ4v) is 2.04. The van der Waals surface area contributed by atoms with Crippen LogP contribution < -0.4 is 0 Å². The summed E-state index contributed by atoms with van der Waals surface area (Å²) in [4.78, 5) is 0. The van der Waals surface area contributed by atoms with E-state index in [1.807, 2.05) is 0 Å². The Morgan fingerprint density at radius 2 is 1.71 bits per heavy atom. The van der Waals surface area contributed by atoms with Crippen LogP contribution >= 0.6 is 0 Å². The van der Waals surface area contributed by atoms with Crippen molar-refractivity contribution in [2.75, 3.05) is 7.11 Å². The summed E-state index contributed by atoms with van der Waals surface area (Å²) in [7, 11) is 1.67. The first-order valence-corrected chi connectivity index (χ1v) is 6.01. The number of aryl methyl sites for hydroxylation is 2. The molecule has 1 rings (SSSR count). The van der Waals surface area contributed by atoms with Crippen molar-refractivity contribution in [1.82, 2.24) is 0 Å². The van der Waals surface area contributed by atoms with Gasteiger partial charge in [-0.05, 0) is 32.8 Å². The third-order valence-corrected chi connectivity index (χ3v) is 2.99. The zero-order valence-electron chi connectivity index (χ0n) is 11.6. The Labute approximate surface area is 105 Å². The van der Waals surface area contributed by atoms with Gasteiger partial charge in [-0.2, -0.15) is 0 Å². The first-order valence-electron chi connectivity index (χ1n) is 6.01. The smallest absolute Gasteiger partial charge is 0.119 e. The average molecular weight is 230 g/mol. The second kappa shape index (κ2) is 5.72. The second-order valence-electron chi connectivity index (χ2n) is 4.51. The van der Waals surface area contributed by atoms with Crippen LogP contribution in [-0.4, -0.2) is 7.11 Å². The van der Waals surface area contributed by atoms with Crippen molar-refractivity contribution in [2.45, 2.75) is 34.1 Å². The van der Waals surface area contributed by atoms with Gasteiger partial charge in [0.05, 0.1) is 7.11 Å². The van der Waals surface area contributed by atoms with E-state index < -0.39 is 0 Å². The van der Waals surface area contributed by atoms with E-state index in [4.69, 9.17) is 4.74 Å². The molecule has 0 N–H and O–H groups in total. The third-order valence-electron chi connectivity index (χ3n) is 2.99. The molecule has 0 unspecified atom stereocenters. The molecule has 0 saturated heterocycles. The number of benzene rings is 1. The van der Waals surface area contributed by atoms with Crippen molar-refractivity contribution in [1.29, 1.82) is 0 Å². The molecule has 0 aliphatic heterocycles. The van der Waals surface area contributed by atoms with Gasteiger partial charge < -0.3 is 4.74 Å². The SMILES string of the molecule is C=C(OC)/C(=C(\C)CC)c1cc(C)cc(C)c1. The molecule has 0 heterocycles. The minimum atomic E-state index is 0.745. The van der Waals surface area contributed by atoms with Gasteiger partial charge in [0.15, 0.2) is 0 Å². The molecule has 1 aromatic rings. The average Bonchev–Trinajstić information content (AvgIpc) is 2.27. The predicted molar refractivity (Wildman–Crippen MR) is 75.0 cm³/mol. The quantitative estimate of drug-likeness (QED) is 0.540. The highest BCUT2D eigenvalue weighted by Crippen LogP contribution is 2.29. The second-order valence-corrected chi connectivity index (χ2v) is 4.51. The Bertz CT molecular complexity index is 432. The van der Waals surface area contributed by atoms with E-state index in [0.29, 0.717) is 0 Å². The normalized spacial score (nSPS) is 12.1. The maximum Gasteiger partial charge on any atom is 0.119 e. The Kier molecular flexibility index (Phi) is 4.56. The Morgan fingerprint density at radius 3 is 2.12 bits per heavy atom. The van der Waals surface area contributed by atoms with Crippen molar-refractivity contribution >= 4 is 5.57 Å². The van der Waals surface area contributed by atoms with Gasteiger partial charge in [0.2, 0.25) is 0 Å². The molecule has 0 fully saturated rings. The van der Waals surface area contributed by atoms with Crippen molar-refractivity contribution in [3.63, 3.8) is 0 Å². The molecule has 0 atom stereocenters. The Morgan fingerprint density at radius 1 is 1.18 bits per heavy atom. The van der Waals surface area contributed by atoms with Crippen LogP contribution in [0.4, 0.5) is 0 Å². The summed E-state index contributed by atoms with van der Waals surface area (Å²) in [5.74, 6) is 0.745. The summed E-state index contributed by atoms with van der Waals surface area (Å²) < 4.78 is 5.32. The molecule has 1 nitrogen and oxygen atoms in total. The minimum Gasteiger partial charge on any atom is -0.497 e. The van der Waals surface area contributed by atoms with E-state index in [9.17, 15) is 0 Å². The van der Waals surface area contributed by atoms with E-state index in [2.05, 4.69) is 52.5 Å². The molecule has 0 spiro atoms. The van der Waals surface area contributed by atoms with Crippen LogP contribution in [0.5, 0.6) is 0 Å². The van der Waals surface area contributed by atoms with Gasteiger partial charge in [0.25, 0.3) is 0 Å². The summed E-state index contributed by atoms with van der Waals surface area (Å²) >= 11 is 0. The molecular formula is C16H22O. The lowest BCUT2D eigenvalue weighted by molar-refractivity contribution is 0.312. The van der Waals surface area contributed by atoms with E-state index >= 15 is 0 Å². The van der Waals surface area contributed by atoms with E-state index in [1.165, 1.54) is 22.3 Å². The number of rotatable bonds is 4. The molecule has 0 amide bonds. The molecule has 1 heteroatoms. The van der Waals surface area contributed by atoms with Gasteiger partial charge in [-0.25, -0.2) is 0 Å². The van der Waals surface area contributed by atoms with Gasteiger partial charge in [-0.3, -0.25) is 0 Å². The summed E-state index contributed by atoms with van der Waals surface area (Å²) in [6, 6.07) is 6.55. The fraction of sp³-hybridized carbons (Fsp3) is 0.375. The van der Waals surface area contributed by atoms with Crippen LogP contribution in [0.25, 0.3) is 5.57 Å². The van der Waals surface area contributed by atoms with E-state index in [0.717, 1.165) is 17.8 Å². The lowest BCUT2D eigenvalue weighted by Gasteiger charge is -2.15. The van der Waals surface area contributed by atoms with Crippen molar-refractivity contribution in [3.8, 4) is 0 Å². The van der Waals surface area contributed by atoms with Crippen molar-refractivity contribution in [2.24, 2.45) is 0 Å². The molecule has 0 bridgehead atoms. The topological polar surface area (TPSA) is 9.23 Å². The van der Waals surface area contributed by atoms with Crippen LogP contribution in [0, 0.1) is 13.8 Å². The number of hydrogen-bond donors (Lipinski definition) is 0. The monoisotopic (exact) mass is 230 g/mol. The largest absolute Gasteiger partial charge is 0.497 e. The van der Waals surface area contributed by atoms with Crippen LogP contribution in [0.3, 0.4) is 0 Å². The molecule has 0 aromatic heterocycles. The molecular weight excluding hydrogens is 208 g/mol. The standard InChI is InChI=1S/C16H22O/c1-7-13(4)16(14(5)17-6)15-9-11(2)8-12(3)10-15/h8-10H,5,7H2,1-4,6H3/b16-13-. The van der Waals surface area contributed by atoms with Crippen molar-refractivity contribution in [3.05, 3.63) is 52.8 Å². The molecule has 0 aliphatic rings. The highest BCUT2D eigenvalue weighted by Gasteiger charge is 2.10. The summed E-state index contributed by atoms with van der Waals surface area (Å²) in [6.07, 6.45) is 1.00. The van der Waals surface area contributed by atoms with Gasteiger partial charge in [-0.1, -0.05) is 48.4 Å². The molecule has 1 aromatic carbocycles. The Hall–Kier alpha value is -1.50. The first kappa shape index (κ1) is 13.6. The molecule has 17 heavy (non-hydrogen) atoms. The minimum absolute atomic E-state index is 0.745. The van der Waals surface area contributed by atoms with Crippen LogP contribution in [0.2, 0.25) is 0 Å². The van der Waals surface area contributed by atoms with Gasteiger partial charge in [0.1, 0.15) is 5.76 Å². The van der Waals surface area contributed by atoms with Gasteiger partial charge in [-0.15, -0.1) is 0 Å². The fourth-order valence-electron chi connectivity index (χ4n) is 2.04. The van der Waals surface area contributed by atoms with Crippen LogP contribution in [0.15, 0.2) is 36.1 Å². The molecule has 0 aliphatic carbocycles. The van der Waals surface area contributed by atoms with Crippen LogP contribution in [0.1, 0.15) is 37.0 Å². The first-order chi connectivity index (χ1) is 7.99. The summed E-state index contributed by atoms with van der Waals surface area (Å²) in [5, 5.41) is 0. The molecule has 0 saturated carbocycles. The third kappa shape index (κ3) is 3.23. The van der Waals surface area contributed by atoms with Gasteiger partial charge in [0, 0.05) is 5.57 Å².